The van der Waals surface area contributed by atoms with Crippen LogP contribution in [-0.2, 0) is 10.1 Å². The molecule has 0 radical (unpaired) electrons. The van der Waals surface area contributed by atoms with Crippen LogP contribution in [0.1, 0.15) is 31.9 Å². The van der Waals surface area contributed by atoms with Crippen molar-refractivity contribution in [2.75, 3.05) is 12.3 Å². The Hall–Kier alpha value is -0.470. The van der Waals surface area contributed by atoms with Crippen LogP contribution < -0.4 is 5.32 Å². The molecule has 7 heteroatoms. The second kappa shape index (κ2) is 7.00. The third kappa shape index (κ3) is 5.49. The van der Waals surface area contributed by atoms with E-state index in [9.17, 15) is 13.5 Å². The normalized spacial score (nSPS) is 14.2. The zero-order valence-corrected chi connectivity index (χ0v) is 13.9. The van der Waals surface area contributed by atoms with Gasteiger partial charge in [-0.05, 0) is 38.4 Å². The van der Waals surface area contributed by atoms with Gasteiger partial charge in [0.2, 0.25) is 0 Å². The van der Waals surface area contributed by atoms with Crippen LogP contribution >= 0.6 is 15.9 Å². The first-order chi connectivity index (χ1) is 9.13. The molecule has 5 nitrogen and oxygen atoms in total. The number of hydrogen-bond acceptors (Lipinski definition) is 4. The largest absolute Gasteiger partial charge is 0.386 e. The van der Waals surface area contributed by atoms with Crippen molar-refractivity contribution < 1.29 is 18.1 Å². The van der Waals surface area contributed by atoms with Crippen molar-refractivity contribution in [2.45, 2.75) is 31.9 Å². The van der Waals surface area contributed by atoms with Gasteiger partial charge >= 0.3 is 0 Å². The van der Waals surface area contributed by atoms with E-state index in [1.807, 2.05) is 38.1 Å². The van der Waals surface area contributed by atoms with Gasteiger partial charge in [0, 0.05) is 10.0 Å². The summed E-state index contributed by atoms with van der Waals surface area (Å²) in [4.78, 5) is 0. The van der Waals surface area contributed by atoms with E-state index in [0.29, 0.717) is 6.54 Å². The number of halogens is 1. The summed E-state index contributed by atoms with van der Waals surface area (Å²) in [6, 6.07) is 7.40. The molecule has 0 fully saturated rings. The van der Waals surface area contributed by atoms with Crippen molar-refractivity contribution >= 4 is 26.0 Å². The first-order valence-corrected chi connectivity index (χ1v) is 8.66. The highest BCUT2D eigenvalue weighted by Crippen LogP contribution is 2.30. The molecule has 0 saturated heterocycles. The Bertz CT molecular complexity index is 545. The average molecular weight is 366 g/mol. The smallest absolute Gasteiger partial charge is 0.264 e. The SMILES string of the molecule is CC(C)(NCCCS(=O)(=O)O)C(O)c1ccccc1Br. The van der Waals surface area contributed by atoms with E-state index < -0.39 is 21.8 Å². The van der Waals surface area contributed by atoms with Gasteiger partial charge in [-0.2, -0.15) is 8.42 Å². The zero-order chi connectivity index (χ0) is 15.4. The average Bonchev–Trinajstić information content (AvgIpc) is 2.33. The predicted molar refractivity (Wildman–Crippen MR) is 82.2 cm³/mol. The molecule has 114 valence electrons. The minimum absolute atomic E-state index is 0.283. The van der Waals surface area contributed by atoms with Crippen molar-refractivity contribution in [3.8, 4) is 0 Å². The van der Waals surface area contributed by atoms with E-state index in [4.69, 9.17) is 4.55 Å². The highest BCUT2D eigenvalue weighted by atomic mass is 79.9. The van der Waals surface area contributed by atoms with Gasteiger partial charge in [-0.1, -0.05) is 34.1 Å². The van der Waals surface area contributed by atoms with Crippen LogP contribution in [0.25, 0.3) is 0 Å². The van der Waals surface area contributed by atoms with Crippen LogP contribution in [0.5, 0.6) is 0 Å². The van der Waals surface area contributed by atoms with Gasteiger partial charge in [-0.15, -0.1) is 0 Å². The van der Waals surface area contributed by atoms with Crippen LogP contribution in [0.15, 0.2) is 28.7 Å². The highest BCUT2D eigenvalue weighted by molar-refractivity contribution is 9.10. The second-order valence-corrected chi connectivity index (χ2v) is 7.64. The summed E-state index contributed by atoms with van der Waals surface area (Å²) in [6.07, 6.45) is -0.464. The van der Waals surface area contributed by atoms with E-state index in [2.05, 4.69) is 21.2 Å². The molecule has 1 aromatic carbocycles. The van der Waals surface area contributed by atoms with Crippen molar-refractivity contribution in [1.29, 1.82) is 0 Å². The molecular weight excluding hydrogens is 346 g/mol. The number of rotatable bonds is 7. The van der Waals surface area contributed by atoms with E-state index in [0.717, 1.165) is 10.0 Å². The fourth-order valence-electron chi connectivity index (χ4n) is 1.85. The van der Waals surface area contributed by atoms with Gasteiger partial charge in [0.1, 0.15) is 0 Å². The minimum atomic E-state index is -3.93. The monoisotopic (exact) mass is 365 g/mol. The topological polar surface area (TPSA) is 86.6 Å². The van der Waals surface area contributed by atoms with Crippen LogP contribution in [0.2, 0.25) is 0 Å². The number of aliphatic hydroxyl groups excluding tert-OH is 1. The third-order valence-electron chi connectivity index (χ3n) is 3.04. The van der Waals surface area contributed by atoms with Gasteiger partial charge < -0.3 is 10.4 Å². The third-order valence-corrected chi connectivity index (χ3v) is 4.57. The van der Waals surface area contributed by atoms with Crippen molar-refractivity contribution in [2.24, 2.45) is 0 Å². The number of aliphatic hydroxyl groups is 1. The van der Waals surface area contributed by atoms with Gasteiger partial charge in [-0.25, -0.2) is 0 Å². The lowest BCUT2D eigenvalue weighted by Crippen LogP contribution is -2.45. The molecule has 1 unspecified atom stereocenters. The fraction of sp³-hybridized carbons (Fsp3) is 0.538. The maximum atomic E-state index is 10.6. The number of nitrogens with one attached hydrogen (secondary N) is 1. The quantitative estimate of drug-likeness (QED) is 0.508. The standard InChI is InChI=1S/C13H20BrNO4S/c1-13(2,15-8-5-9-20(17,18)19)12(16)10-6-3-4-7-11(10)14/h3-4,6-7,12,15-16H,5,8-9H2,1-2H3,(H,17,18,19). The first-order valence-electron chi connectivity index (χ1n) is 6.26. The second-order valence-electron chi connectivity index (χ2n) is 5.21. The lowest BCUT2D eigenvalue weighted by molar-refractivity contribution is 0.0800. The van der Waals surface area contributed by atoms with Gasteiger partial charge in [0.05, 0.1) is 11.9 Å². The van der Waals surface area contributed by atoms with E-state index in [-0.39, 0.29) is 12.2 Å². The maximum absolute atomic E-state index is 10.6. The number of hydrogen-bond donors (Lipinski definition) is 3. The molecule has 0 amide bonds. The molecule has 1 aromatic rings. The van der Waals surface area contributed by atoms with Crippen molar-refractivity contribution in [1.82, 2.24) is 5.32 Å². The Balaban J connectivity index is 2.62. The Morgan fingerprint density at radius 2 is 1.95 bits per heavy atom. The Morgan fingerprint density at radius 3 is 2.50 bits per heavy atom. The van der Waals surface area contributed by atoms with Gasteiger partial charge in [-0.3, -0.25) is 4.55 Å². The van der Waals surface area contributed by atoms with E-state index in [1.54, 1.807) is 0 Å². The van der Waals surface area contributed by atoms with E-state index >= 15 is 0 Å². The highest BCUT2D eigenvalue weighted by Gasteiger charge is 2.29. The van der Waals surface area contributed by atoms with Crippen LogP contribution in [-0.4, -0.2) is 35.9 Å². The summed E-state index contributed by atoms with van der Waals surface area (Å²) in [5.41, 5.74) is 0.142. The minimum Gasteiger partial charge on any atom is -0.386 e. The maximum Gasteiger partial charge on any atom is 0.264 e. The van der Waals surface area contributed by atoms with E-state index in [1.165, 1.54) is 0 Å². The van der Waals surface area contributed by atoms with Crippen molar-refractivity contribution in [3.63, 3.8) is 0 Å². The molecule has 0 heterocycles. The molecule has 20 heavy (non-hydrogen) atoms. The van der Waals surface area contributed by atoms with Crippen molar-refractivity contribution in [3.05, 3.63) is 34.3 Å². The molecule has 0 aliphatic heterocycles. The summed E-state index contributed by atoms with van der Waals surface area (Å²) in [7, 11) is -3.93. The number of benzene rings is 1. The predicted octanol–water partition coefficient (Wildman–Crippen LogP) is 2.13. The molecular formula is C13H20BrNO4S. The van der Waals surface area contributed by atoms with Gasteiger partial charge in [0.25, 0.3) is 10.1 Å². The summed E-state index contributed by atoms with van der Waals surface area (Å²) in [5.74, 6) is -0.290. The van der Waals surface area contributed by atoms with Crippen LogP contribution in [0.4, 0.5) is 0 Å². The molecule has 3 N–H and O–H groups in total. The first kappa shape index (κ1) is 17.6. The fourth-order valence-corrected chi connectivity index (χ4v) is 2.86. The Kier molecular flexibility index (Phi) is 6.15. The summed E-state index contributed by atoms with van der Waals surface area (Å²) in [5, 5.41) is 13.5. The van der Waals surface area contributed by atoms with Crippen LogP contribution in [0, 0.1) is 0 Å². The molecule has 0 bridgehead atoms. The molecule has 1 rings (SSSR count). The van der Waals surface area contributed by atoms with Crippen LogP contribution in [0.3, 0.4) is 0 Å². The molecule has 0 spiro atoms. The summed E-state index contributed by atoms with van der Waals surface area (Å²) in [6.45, 7) is 4.06. The lowest BCUT2D eigenvalue weighted by Gasteiger charge is -2.32. The molecule has 0 aliphatic carbocycles. The molecule has 0 aliphatic rings. The summed E-state index contributed by atoms with van der Waals surface area (Å²) < 4.78 is 30.7. The Labute approximate surface area is 128 Å². The molecule has 1 atom stereocenters. The molecule has 0 saturated carbocycles. The summed E-state index contributed by atoms with van der Waals surface area (Å²) >= 11 is 3.40. The molecule has 0 aromatic heterocycles. The lowest BCUT2D eigenvalue weighted by atomic mass is 9.91. The van der Waals surface area contributed by atoms with Gasteiger partial charge in [0.15, 0.2) is 0 Å². The Morgan fingerprint density at radius 1 is 1.35 bits per heavy atom. The zero-order valence-electron chi connectivity index (χ0n) is 11.5.